The molecule has 1 fully saturated rings. The van der Waals surface area contributed by atoms with Gasteiger partial charge < -0.3 is 14.7 Å². The summed E-state index contributed by atoms with van der Waals surface area (Å²) < 4.78 is 31.7. The Morgan fingerprint density at radius 2 is 1.95 bits per heavy atom. The molecule has 0 bridgehead atoms. The van der Waals surface area contributed by atoms with Crippen molar-refractivity contribution in [3.8, 4) is 0 Å². The number of hydrogen-bond acceptors (Lipinski definition) is 5. The molecule has 21 heavy (non-hydrogen) atoms. The number of nitrogens with zero attached hydrogens (tertiary/aromatic N) is 3. The van der Waals surface area contributed by atoms with E-state index < -0.39 is 10.0 Å². The molecule has 9 heteroatoms. The third kappa shape index (κ3) is 3.19. The zero-order valence-corrected chi connectivity index (χ0v) is 14.1. The highest BCUT2D eigenvalue weighted by molar-refractivity contribution is 7.89. The first-order valence-corrected chi connectivity index (χ1v) is 8.68. The molecule has 0 amide bonds. The van der Waals surface area contributed by atoms with Crippen LogP contribution < -0.4 is 5.32 Å². The van der Waals surface area contributed by atoms with E-state index >= 15 is 0 Å². The molecule has 0 aromatic carbocycles. The van der Waals surface area contributed by atoms with Gasteiger partial charge in [-0.25, -0.2) is 8.42 Å². The second kappa shape index (κ2) is 6.29. The molecule has 0 unspecified atom stereocenters. The SMILES string of the molecule is CCNC(=S)N1CCN(S(=O)(=O)c2c(C)noc2C)CC1. The van der Waals surface area contributed by atoms with Gasteiger partial charge in [0, 0.05) is 32.7 Å². The Morgan fingerprint density at radius 1 is 1.33 bits per heavy atom. The summed E-state index contributed by atoms with van der Waals surface area (Å²) >= 11 is 5.25. The average Bonchev–Trinajstić information content (AvgIpc) is 2.79. The monoisotopic (exact) mass is 332 g/mol. The van der Waals surface area contributed by atoms with E-state index in [0.717, 1.165) is 6.54 Å². The van der Waals surface area contributed by atoms with Crippen LogP contribution in [0.5, 0.6) is 0 Å². The maximum absolute atomic E-state index is 12.7. The van der Waals surface area contributed by atoms with Crippen LogP contribution in [0.2, 0.25) is 0 Å². The summed E-state index contributed by atoms with van der Waals surface area (Å²) in [7, 11) is -3.55. The quantitative estimate of drug-likeness (QED) is 0.807. The van der Waals surface area contributed by atoms with Gasteiger partial charge in [-0.05, 0) is 33.0 Å². The highest BCUT2D eigenvalue weighted by atomic mass is 32.2. The number of hydrogen-bond donors (Lipinski definition) is 1. The zero-order valence-electron chi connectivity index (χ0n) is 12.4. The second-order valence-corrected chi connectivity index (χ2v) is 7.14. The number of rotatable bonds is 3. The van der Waals surface area contributed by atoms with Crippen molar-refractivity contribution in [1.82, 2.24) is 19.7 Å². The third-order valence-electron chi connectivity index (χ3n) is 3.42. The summed E-state index contributed by atoms with van der Waals surface area (Å²) in [6.45, 7) is 7.95. The summed E-state index contributed by atoms with van der Waals surface area (Å²) in [5.41, 5.74) is 0.401. The van der Waals surface area contributed by atoms with E-state index in [2.05, 4.69) is 10.5 Å². The summed E-state index contributed by atoms with van der Waals surface area (Å²) in [5.74, 6) is 0.332. The fourth-order valence-corrected chi connectivity index (χ4v) is 4.41. The topological polar surface area (TPSA) is 78.7 Å². The molecular formula is C12H20N4O3S2. The molecule has 1 saturated heterocycles. The molecule has 0 spiro atoms. The smallest absolute Gasteiger partial charge is 0.248 e. The number of thiocarbonyl (C=S) groups is 1. The van der Waals surface area contributed by atoms with Crippen LogP contribution in [0.3, 0.4) is 0 Å². The van der Waals surface area contributed by atoms with Crippen molar-refractivity contribution in [3.05, 3.63) is 11.5 Å². The first-order chi connectivity index (χ1) is 9.87. The van der Waals surface area contributed by atoms with E-state index in [4.69, 9.17) is 16.7 Å². The molecular weight excluding hydrogens is 312 g/mol. The zero-order chi connectivity index (χ0) is 15.6. The molecule has 1 aromatic rings. The van der Waals surface area contributed by atoms with Crippen LogP contribution in [-0.4, -0.2) is 60.6 Å². The van der Waals surface area contributed by atoms with Gasteiger partial charge in [-0.3, -0.25) is 0 Å². The minimum Gasteiger partial charge on any atom is -0.363 e. The molecule has 2 rings (SSSR count). The van der Waals surface area contributed by atoms with Gasteiger partial charge in [-0.1, -0.05) is 5.16 Å². The Morgan fingerprint density at radius 3 is 2.43 bits per heavy atom. The Balaban J connectivity index is 2.10. The Hall–Kier alpha value is -1.19. The molecule has 0 atom stereocenters. The van der Waals surface area contributed by atoms with E-state index in [-0.39, 0.29) is 4.90 Å². The first-order valence-electron chi connectivity index (χ1n) is 6.83. The van der Waals surface area contributed by atoms with Gasteiger partial charge in [0.2, 0.25) is 10.0 Å². The van der Waals surface area contributed by atoms with Crippen molar-refractivity contribution in [2.24, 2.45) is 0 Å². The predicted octanol–water partition coefficient (Wildman–Crippen LogP) is 0.492. The predicted molar refractivity (Wildman–Crippen MR) is 82.6 cm³/mol. The summed E-state index contributed by atoms with van der Waals surface area (Å²) in [6, 6.07) is 0. The minimum absolute atomic E-state index is 0.185. The molecule has 1 aliphatic rings. The van der Waals surface area contributed by atoms with Crippen molar-refractivity contribution in [2.75, 3.05) is 32.7 Å². The molecule has 1 aromatic heterocycles. The number of sulfonamides is 1. The lowest BCUT2D eigenvalue weighted by Crippen LogP contribution is -2.53. The van der Waals surface area contributed by atoms with Gasteiger partial charge in [0.15, 0.2) is 10.9 Å². The van der Waals surface area contributed by atoms with Gasteiger partial charge in [0.25, 0.3) is 0 Å². The van der Waals surface area contributed by atoms with Crippen molar-refractivity contribution in [2.45, 2.75) is 25.7 Å². The summed E-state index contributed by atoms with van der Waals surface area (Å²) in [4.78, 5) is 2.17. The Bertz CT molecular complexity index is 599. The molecule has 118 valence electrons. The van der Waals surface area contributed by atoms with Gasteiger partial charge >= 0.3 is 0 Å². The third-order valence-corrected chi connectivity index (χ3v) is 5.97. The van der Waals surface area contributed by atoms with Crippen LogP contribution in [0.25, 0.3) is 0 Å². The molecule has 1 aliphatic heterocycles. The normalized spacial score (nSPS) is 17.0. The Kier molecular flexibility index (Phi) is 4.84. The molecule has 1 N–H and O–H groups in total. The number of nitrogens with one attached hydrogen (secondary N) is 1. The van der Waals surface area contributed by atoms with Crippen LogP contribution in [-0.2, 0) is 10.0 Å². The van der Waals surface area contributed by atoms with E-state index in [0.29, 0.717) is 42.7 Å². The molecule has 2 heterocycles. The lowest BCUT2D eigenvalue weighted by atomic mass is 10.4. The van der Waals surface area contributed by atoms with E-state index in [1.54, 1.807) is 13.8 Å². The van der Waals surface area contributed by atoms with Crippen LogP contribution in [0.1, 0.15) is 18.4 Å². The highest BCUT2D eigenvalue weighted by Gasteiger charge is 2.33. The fraction of sp³-hybridized carbons (Fsp3) is 0.667. The van der Waals surface area contributed by atoms with Crippen LogP contribution >= 0.6 is 12.2 Å². The van der Waals surface area contributed by atoms with Crippen molar-refractivity contribution >= 4 is 27.4 Å². The highest BCUT2D eigenvalue weighted by Crippen LogP contribution is 2.24. The number of aromatic nitrogens is 1. The van der Waals surface area contributed by atoms with Crippen LogP contribution in [0, 0.1) is 13.8 Å². The first kappa shape index (κ1) is 16.2. The van der Waals surface area contributed by atoms with Gasteiger partial charge in [-0.15, -0.1) is 0 Å². The van der Waals surface area contributed by atoms with Crippen LogP contribution in [0.15, 0.2) is 9.42 Å². The minimum atomic E-state index is -3.55. The fourth-order valence-electron chi connectivity index (χ4n) is 2.37. The van der Waals surface area contributed by atoms with Crippen molar-refractivity contribution in [1.29, 1.82) is 0 Å². The van der Waals surface area contributed by atoms with Gasteiger partial charge in [-0.2, -0.15) is 4.31 Å². The summed E-state index contributed by atoms with van der Waals surface area (Å²) in [6.07, 6.45) is 0. The van der Waals surface area contributed by atoms with Crippen molar-refractivity contribution < 1.29 is 12.9 Å². The maximum Gasteiger partial charge on any atom is 0.248 e. The Labute approximate surface area is 130 Å². The molecule has 0 saturated carbocycles. The molecule has 0 radical (unpaired) electrons. The largest absolute Gasteiger partial charge is 0.363 e. The van der Waals surface area contributed by atoms with Gasteiger partial charge in [0.1, 0.15) is 10.6 Å². The summed E-state index contributed by atoms with van der Waals surface area (Å²) in [5, 5.41) is 7.47. The molecule has 7 nitrogen and oxygen atoms in total. The van der Waals surface area contributed by atoms with Crippen molar-refractivity contribution in [3.63, 3.8) is 0 Å². The standard InChI is InChI=1S/C12H20N4O3S2/c1-4-13-12(20)15-5-7-16(8-6-15)21(17,18)11-9(2)14-19-10(11)3/h4-8H2,1-3H3,(H,13,20). The molecule has 0 aliphatic carbocycles. The van der Waals surface area contributed by atoms with Crippen LogP contribution in [0.4, 0.5) is 0 Å². The second-order valence-electron chi connectivity index (χ2n) is 4.88. The maximum atomic E-state index is 12.7. The lowest BCUT2D eigenvalue weighted by molar-refractivity contribution is 0.264. The average molecular weight is 332 g/mol. The number of aryl methyl sites for hydroxylation is 2. The number of piperazine rings is 1. The lowest BCUT2D eigenvalue weighted by Gasteiger charge is -2.35. The van der Waals surface area contributed by atoms with E-state index in [1.165, 1.54) is 4.31 Å². The van der Waals surface area contributed by atoms with E-state index in [1.807, 2.05) is 11.8 Å². The van der Waals surface area contributed by atoms with Gasteiger partial charge in [0.05, 0.1) is 0 Å². The van der Waals surface area contributed by atoms with E-state index in [9.17, 15) is 8.42 Å².